The number of fused-ring (bicyclic) bond motifs is 2. The van der Waals surface area contributed by atoms with Gasteiger partial charge in [0.05, 0.1) is 10.9 Å². The number of benzene rings is 3. The van der Waals surface area contributed by atoms with Gasteiger partial charge >= 0.3 is 5.97 Å². The number of carbonyl (C=O) groups is 2. The van der Waals surface area contributed by atoms with Gasteiger partial charge in [-0.15, -0.1) is 0 Å². The first-order valence-corrected chi connectivity index (χ1v) is 21.6. The number of ether oxygens (including phenoxy) is 3. The molecule has 2 saturated heterocycles. The first kappa shape index (κ1) is 43.0. The minimum absolute atomic E-state index is 0.0109. The number of nitrogens with one attached hydrogen (secondary N) is 2. The van der Waals surface area contributed by atoms with E-state index in [0.717, 1.165) is 11.1 Å². The third-order valence-electron chi connectivity index (χ3n) is 11.0. The van der Waals surface area contributed by atoms with Crippen molar-refractivity contribution in [3.05, 3.63) is 124 Å². The van der Waals surface area contributed by atoms with Gasteiger partial charge < -0.3 is 54.9 Å². The molecule has 1 amide bonds. The van der Waals surface area contributed by atoms with E-state index in [4.69, 9.17) is 24.4 Å². The molecule has 0 aliphatic carbocycles. The highest BCUT2D eigenvalue weighted by Crippen LogP contribution is 2.42. The maximum Gasteiger partial charge on any atom is 0.335 e. The minimum atomic E-state index is -2.66. The van der Waals surface area contributed by atoms with Crippen molar-refractivity contribution in [1.29, 1.82) is 0 Å². The number of phenols is 1. The summed E-state index contributed by atoms with van der Waals surface area (Å²) in [7, 11) is 2.82. The van der Waals surface area contributed by atoms with Crippen LogP contribution in [0.5, 0.6) is 11.5 Å². The lowest BCUT2D eigenvalue weighted by Crippen LogP contribution is -2.75. The lowest BCUT2D eigenvalue weighted by Gasteiger charge is -2.50. The Morgan fingerprint density at radius 3 is 2.53 bits per heavy atom. The van der Waals surface area contributed by atoms with Crippen molar-refractivity contribution in [3.8, 4) is 22.6 Å². The van der Waals surface area contributed by atoms with E-state index in [1.54, 1.807) is 0 Å². The van der Waals surface area contributed by atoms with Gasteiger partial charge in [-0.3, -0.25) is 14.9 Å². The van der Waals surface area contributed by atoms with Gasteiger partial charge in [0.2, 0.25) is 17.5 Å². The standard InChI is InChI=1S/C43H45N3O12S2/c1-23(6-5-9-24-7-3-2-4-8-24)30-20-46-41(53)43(54)38(55-22-60-59-21-31(30)26-16-17-45-19-26)35(49)37(40(51)52)58-42(43)56-28-14-15-29-32(18-28)57-36(39(44)50)33(34(29)48)25-10-12-27(47)13-11-25/h2-5,7-19,23,30-31,35,37-38,41-42,45-47,49,53-54H,6,20-22H2,1H3,(H2,44,50)(H,51,52). The number of phenolic OH excluding ortho intramolecular Hbond substituents is 1. The molecule has 0 radical (unpaired) electrons. The molecule has 0 spiro atoms. The molecular formula is C43H45N3O12S2. The second kappa shape index (κ2) is 18.7. The van der Waals surface area contributed by atoms with Crippen LogP contribution in [0.3, 0.4) is 0 Å². The molecule has 316 valence electrons. The van der Waals surface area contributed by atoms with Crippen LogP contribution in [-0.2, 0) is 14.3 Å². The number of carbonyl (C=O) groups excluding carboxylic acids is 1. The number of rotatable bonds is 10. The summed E-state index contributed by atoms with van der Waals surface area (Å²) in [5.41, 5.74) is 4.44. The Kier molecular flexibility index (Phi) is 13.4. The second-order valence-corrected chi connectivity index (χ2v) is 17.2. The Morgan fingerprint density at radius 2 is 1.83 bits per heavy atom. The van der Waals surface area contributed by atoms with Crippen molar-refractivity contribution in [2.45, 2.75) is 55.7 Å². The molecular weight excluding hydrogens is 815 g/mol. The van der Waals surface area contributed by atoms with Gasteiger partial charge in [0, 0.05) is 30.8 Å². The van der Waals surface area contributed by atoms with Gasteiger partial charge in [-0.2, -0.15) is 0 Å². The predicted octanol–water partition coefficient (Wildman–Crippen LogP) is 4.66. The molecule has 4 heterocycles. The molecule has 2 aliphatic rings. The van der Waals surface area contributed by atoms with Crippen LogP contribution in [0.1, 0.15) is 40.9 Å². The normalized spacial score (nSPS) is 27.0. The van der Waals surface area contributed by atoms with E-state index in [1.165, 1.54) is 64.1 Å². The molecule has 5 aromatic rings. The Hall–Kier alpha value is -5.11. The summed E-state index contributed by atoms with van der Waals surface area (Å²) < 4.78 is 23.7. The Labute approximate surface area is 351 Å². The van der Waals surface area contributed by atoms with Gasteiger partial charge in [-0.25, -0.2) is 4.79 Å². The van der Waals surface area contributed by atoms with Crippen molar-refractivity contribution in [2.24, 2.45) is 17.6 Å². The van der Waals surface area contributed by atoms with E-state index >= 15 is 0 Å². The second-order valence-electron chi connectivity index (χ2n) is 14.8. The van der Waals surface area contributed by atoms with Crippen molar-refractivity contribution >= 4 is 50.5 Å². The fourth-order valence-electron chi connectivity index (χ4n) is 7.77. The summed E-state index contributed by atoms with van der Waals surface area (Å²) >= 11 is 0. The summed E-state index contributed by atoms with van der Waals surface area (Å²) in [5, 5.41) is 59.0. The number of aromatic nitrogens is 1. The van der Waals surface area contributed by atoms with Gasteiger partial charge in [0.15, 0.2) is 11.7 Å². The number of carboxylic acid groups (broad SMARTS) is 1. The van der Waals surface area contributed by atoms with Gasteiger partial charge in [0.1, 0.15) is 41.5 Å². The number of aliphatic hydroxyl groups excluding tert-OH is 2. The van der Waals surface area contributed by atoms with E-state index in [1.807, 2.05) is 48.8 Å². The van der Waals surface area contributed by atoms with Crippen molar-refractivity contribution in [3.63, 3.8) is 0 Å². The van der Waals surface area contributed by atoms with Crippen LogP contribution in [0.25, 0.3) is 28.2 Å². The molecule has 0 bridgehead atoms. The molecule has 9 unspecified atom stereocenters. The average Bonchev–Trinajstić information content (AvgIpc) is 3.77. The van der Waals surface area contributed by atoms with E-state index in [0.29, 0.717) is 12.2 Å². The van der Waals surface area contributed by atoms with Crippen LogP contribution < -0.4 is 21.2 Å². The Morgan fingerprint density at radius 1 is 1.07 bits per heavy atom. The highest BCUT2D eigenvalue weighted by atomic mass is 33.1. The molecule has 15 nitrogen and oxygen atoms in total. The number of nitrogens with two attached hydrogens (primary N) is 1. The first-order valence-electron chi connectivity index (χ1n) is 19.1. The summed E-state index contributed by atoms with van der Waals surface area (Å²) in [6.45, 7) is 2.27. The zero-order valence-corrected chi connectivity index (χ0v) is 33.9. The fourth-order valence-corrected chi connectivity index (χ4v) is 9.82. The number of primary amides is 1. The molecule has 7 rings (SSSR count). The van der Waals surface area contributed by atoms with Crippen LogP contribution in [0.15, 0.2) is 107 Å². The third kappa shape index (κ3) is 8.99. The molecule has 9 N–H and O–H groups in total. The Balaban J connectivity index is 1.23. The number of aliphatic hydroxyl groups is 3. The lowest BCUT2D eigenvalue weighted by molar-refractivity contribution is -0.342. The van der Waals surface area contributed by atoms with Gasteiger partial charge in [0.25, 0.3) is 5.91 Å². The largest absolute Gasteiger partial charge is 0.508 e. The van der Waals surface area contributed by atoms with E-state index < -0.39 is 59.5 Å². The van der Waals surface area contributed by atoms with Crippen LogP contribution in [0.4, 0.5) is 0 Å². The maximum atomic E-state index is 13.8. The number of amides is 1. The number of hydrogen-bond donors (Lipinski definition) is 8. The van der Waals surface area contributed by atoms with E-state index in [2.05, 4.69) is 29.4 Å². The van der Waals surface area contributed by atoms with Crippen LogP contribution >= 0.6 is 21.6 Å². The van der Waals surface area contributed by atoms with Gasteiger partial charge in [-0.1, -0.05) is 83.1 Å². The van der Waals surface area contributed by atoms with Crippen LogP contribution in [0, 0.1) is 11.8 Å². The van der Waals surface area contributed by atoms with Crippen molar-refractivity contribution in [2.75, 3.05) is 18.2 Å². The monoisotopic (exact) mass is 859 g/mol. The van der Waals surface area contributed by atoms with E-state index in [9.17, 15) is 39.9 Å². The SMILES string of the molecule is CC(CC=Cc1ccccc1)C1CNC(O)C2(O)C(Oc3ccc4c(=O)c(-c5ccc(O)cc5)c(C(N)=O)oc4c3)OC(C(=O)O)C(O)C2OCSSCC1c1cc[nH]c1. The first-order chi connectivity index (χ1) is 28.9. The molecule has 2 aromatic heterocycles. The summed E-state index contributed by atoms with van der Waals surface area (Å²) in [6.07, 6.45) is -0.990. The molecule has 60 heavy (non-hydrogen) atoms. The number of aromatic amines is 1. The summed E-state index contributed by atoms with van der Waals surface area (Å²) in [5.74, 6) is -2.89. The highest BCUT2D eigenvalue weighted by Gasteiger charge is 2.63. The molecule has 2 fully saturated rings. The summed E-state index contributed by atoms with van der Waals surface area (Å²) in [6, 6.07) is 21.3. The maximum absolute atomic E-state index is 13.8. The zero-order chi connectivity index (χ0) is 42.6. The van der Waals surface area contributed by atoms with E-state index in [-0.39, 0.29) is 63.8 Å². The average molecular weight is 860 g/mol. The van der Waals surface area contributed by atoms with Crippen LogP contribution in [-0.4, -0.2) is 97.1 Å². The van der Waals surface area contributed by atoms with Gasteiger partial charge in [-0.05, 0) is 71.2 Å². The lowest BCUT2D eigenvalue weighted by atomic mass is 9.78. The molecule has 9 atom stereocenters. The third-order valence-corrected chi connectivity index (χ3v) is 13.1. The molecule has 2 aliphatic heterocycles. The Bertz CT molecular complexity index is 2360. The number of aliphatic carboxylic acids is 1. The van der Waals surface area contributed by atoms with Crippen molar-refractivity contribution in [1.82, 2.24) is 10.3 Å². The quantitative estimate of drug-likeness (QED) is 0.0891. The smallest absolute Gasteiger partial charge is 0.335 e. The number of hydrogen-bond acceptors (Lipinski definition) is 14. The highest BCUT2D eigenvalue weighted by molar-refractivity contribution is 8.76. The number of aromatic hydroxyl groups is 1. The number of carboxylic acids is 1. The molecule has 3 aromatic carbocycles. The fraction of sp³-hybridized carbons (Fsp3) is 0.326. The summed E-state index contributed by atoms with van der Waals surface area (Å²) in [4.78, 5) is 41.9. The predicted molar refractivity (Wildman–Crippen MR) is 226 cm³/mol. The number of allylic oxidation sites excluding steroid dienone is 1. The topological polar surface area (TPSA) is 247 Å². The zero-order valence-electron chi connectivity index (χ0n) is 32.2. The minimum Gasteiger partial charge on any atom is -0.508 e. The number of H-pyrrole nitrogens is 1. The molecule has 17 heteroatoms. The van der Waals surface area contributed by atoms with Crippen LogP contribution in [0.2, 0.25) is 0 Å². The molecule has 0 saturated carbocycles. The van der Waals surface area contributed by atoms with Crippen molar-refractivity contribution < 1.29 is 53.7 Å².